The standard InChI is InChI=1S/C14H21N5O2/c1-4-10-16-12-11(19(10)9-6-7-15-8-9)13(20)17(3)14(21)18(12)5-2/h9,15H,4-8H2,1-3H3. The van der Waals surface area contributed by atoms with E-state index < -0.39 is 0 Å². The van der Waals surface area contributed by atoms with Crippen LogP contribution in [0.4, 0.5) is 0 Å². The van der Waals surface area contributed by atoms with Gasteiger partial charge in [-0.05, 0) is 19.9 Å². The van der Waals surface area contributed by atoms with Gasteiger partial charge in [0.2, 0.25) is 0 Å². The molecule has 1 fully saturated rings. The van der Waals surface area contributed by atoms with Gasteiger partial charge < -0.3 is 9.88 Å². The van der Waals surface area contributed by atoms with E-state index in [1.807, 2.05) is 18.4 Å². The minimum absolute atomic E-state index is 0.237. The quantitative estimate of drug-likeness (QED) is 0.865. The molecule has 1 atom stereocenters. The molecule has 3 heterocycles. The third kappa shape index (κ3) is 1.95. The lowest BCUT2D eigenvalue weighted by atomic mass is 10.2. The smallest absolute Gasteiger partial charge is 0.318 e. The van der Waals surface area contributed by atoms with E-state index in [1.165, 1.54) is 11.6 Å². The van der Waals surface area contributed by atoms with E-state index in [2.05, 4.69) is 10.3 Å². The van der Waals surface area contributed by atoms with Crippen LogP contribution in [0, 0.1) is 0 Å². The van der Waals surface area contributed by atoms with Crippen LogP contribution in [0.2, 0.25) is 0 Å². The van der Waals surface area contributed by atoms with Crippen LogP contribution < -0.4 is 16.6 Å². The molecule has 0 radical (unpaired) electrons. The lowest BCUT2D eigenvalue weighted by Crippen LogP contribution is -2.38. The van der Waals surface area contributed by atoms with E-state index in [-0.39, 0.29) is 17.3 Å². The zero-order valence-corrected chi connectivity index (χ0v) is 12.7. The second kappa shape index (κ2) is 5.14. The molecule has 0 amide bonds. The molecule has 1 N–H and O–H groups in total. The second-order valence-electron chi connectivity index (χ2n) is 5.46. The monoisotopic (exact) mass is 291 g/mol. The van der Waals surface area contributed by atoms with Crippen LogP contribution in [-0.4, -0.2) is 31.8 Å². The van der Waals surface area contributed by atoms with Crippen LogP contribution in [0.15, 0.2) is 9.59 Å². The molecule has 7 heteroatoms. The Kier molecular flexibility index (Phi) is 3.44. The first-order valence-corrected chi connectivity index (χ1v) is 7.51. The Morgan fingerprint density at radius 1 is 1.33 bits per heavy atom. The van der Waals surface area contributed by atoms with E-state index >= 15 is 0 Å². The zero-order valence-electron chi connectivity index (χ0n) is 12.7. The normalized spacial score (nSPS) is 18.7. The average Bonchev–Trinajstić information content (AvgIpc) is 3.12. The third-order valence-corrected chi connectivity index (χ3v) is 4.28. The fourth-order valence-electron chi connectivity index (χ4n) is 3.16. The number of hydrogen-bond donors (Lipinski definition) is 1. The highest BCUT2D eigenvalue weighted by molar-refractivity contribution is 5.71. The topological polar surface area (TPSA) is 73.8 Å². The van der Waals surface area contributed by atoms with Crippen molar-refractivity contribution in [1.29, 1.82) is 0 Å². The summed E-state index contributed by atoms with van der Waals surface area (Å²) in [7, 11) is 1.53. The molecule has 1 unspecified atom stereocenters. The van der Waals surface area contributed by atoms with Crippen LogP contribution >= 0.6 is 0 Å². The highest BCUT2D eigenvalue weighted by atomic mass is 16.2. The fourth-order valence-corrected chi connectivity index (χ4v) is 3.16. The molecule has 0 spiro atoms. The predicted octanol–water partition coefficient (Wildman–Crippen LogP) is 0.0134. The SMILES string of the molecule is CCc1nc2c(c(=O)n(C)c(=O)n2CC)n1C1CCNC1. The van der Waals surface area contributed by atoms with Crippen LogP contribution in [0.3, 0.4) is 0 Å². The molecule has 2 aromatic rings. The first-order chi connectivity index (χ1) is 10.1. The number of aromatic nitrogens is 4. The van der Waals surface area contributed by atoms with Crippen LogP contribution in [0.25, 0.3) is 11.2 Å². The van der Waals surface area contributed by atoms with Crippen LogP contribution in [0.5, 0.6) is 0 Å². The minimum atomic E-state index is -0.299. The van der Waals surface area contributed by atoms with Gasteiger partial charge in [-0.25, -0.2) is 9.78 Å². The lowest BCUT2D eigenvalue weighted by molar-refractivity contribution is 0.536. The summed E-state index contributed by atoms with van der Waals surface area (Å²) in [6, 6.07) is 0.237. The number of imidazole rings is 1. The van der Waals surface area contributed by atoms with Crippen molar-refractivity contribution in [2.45, 2.75) is 39.3 Å². The van der Waals surface area contributed by atoms with E-state index in [4.69, 9.17) is 0 Å². The number of fused-ring (bicyclic) bond motifs is 1. The van der Waals surface area contributed by atoms with Gasteiger partial charge in [-0.2, -0.15) is 0 Å². The van der Waals surface area contributed by atoms with Crippen molar-refractivity contribution in [2.24, 2.45) is 7.05 Å². The Morgan fingerprint density at radius 3 is 2.67 bits per heavy atom. The Hall–Kier alpha value is -1.89. The van der Waals surface area contributed by atoms with Gasteiger partial charge in [0, 0.05) is 32.6 Å². The maximum Gasteiger partial charge on any atom is 0.332 e. The number of rotatable bonds is 3. The van der Waals surface area contributed by atoms with E-state index in [1.54, 1.807) is 4.57 Å². The van der Waals surface area contributed by atoms with E-state index in [0.717, 1.165) is 31.8 Å². The minimum Gasteiger partial charge on any atom is -0.318 e. The summed E-state index contributed by atoms with van der Waals surface area (Å²) >= 11 is 0. The highest BCUT2D eigenvalue weighted by Crippen LogP contribution is 2.22. The van der Waals surface area contributed by atoms with Crippen molar-refractivity contribution in [1.82, 2.24) is 24.0 Å². The molecule has 0 saturated carbocycles. The Bertz CT molecular complexity index is 792. The summed E-state index contributed by atoms with van der Waals surface area (Å²) in [5, 5.41) is 3.32. The molecule has 7 nitrogen and oxygen atoms in total. The molecule has 1 aliphatic rings. The van der Waals surface area contributed by atoms with Crippen molar-refractivity contribution < 1.29 is 0 Å². The van der Waals surface area contributed by atoms with Crippen LogP contribution in [-0.2, 0) is 20.0 Å². The first kappa shape index (κ1) is 14.1. The Morgan fingerprint density at radius 2 is 2.10 bits per heavy atom. The summed E-state index contributed by atoms with van der Waals surface area (Å²) in [5.41, 5.74) is 0.532. The van der Waals surface area contributed by atoms with Gasteiger partial charge in [-0.15, -0.1) is 0 Å². The molecule has 3 rings (SSSR count). The van der Waals surface area contributed by atoms with Gasteiger partial charge in [-0.1, -0.05) is 6.92 Å². The number of nitrogens with zero attached hydrogens (tertiary/aromatic N) is 4. The first-order valence-electron chi connectivity index (χ1n) is 7.51. The Labute approximate surface area is 122 Å². The molecule has 0 bridgehead atoms. The molecular weight excluding hydrogens is 270 g/mol. The van der Waals surface area contributed by atoms with Gasteiger partial charge in [-0.3, -0.25) is 13.9 Å². The van der Waals surface area contributed by atoms with Gasteiger partial charge in [0.15, 0.2) is 11.2 Å². The lowest BCUT2D eigenvalue weighted by Gasteiger charge is -2.15. The molecule has 1 aliphatic heterocycles. The molecule has 2 aromatic heterocycles. The van der Waals surface area contributed by atoms with Crippen molar-refractivity contribution in [3.63, 3.8) is 0 Å². The van der Waals surface area contributed by atoms with Gasteiger partial charge in [0.05, 0.1) is 0 Å². The largest absolute Gasteiger partial charge is 0.332 e. The maximum atomic E-state index is 12.6. The fraction of sp³-hybridized carbons (Fsp3) is 0.643. The third-order valence-electron chi connectivity index (χ3n) is 4.28. The van der Waals surface area contributed by atoms with Crippen molar-refractivity contribution >= 4 is 11.2 Å². The predicted molar refractivity (Wildman–Crippen MR) is 80.8 cm³/mol. The molecule has 114 valence electrons. The van der Waals surface area contributed by atoms with Crippen molar-refractivity contribution in [2.75, 3.05) is 13.1 Å². The zero-order chi connectivity index (χ0) is 15.1. The van der Waals surface area contributed by atoms with Gasteiger partial charge in [0.25, 0.3) is 5.56 Å². The highest BCUT2D eigenvalue weighted by Gasteiger charge is 2.25. The molecule has 1 saturated heterocycles. The molecule has 0 aliphatic carbocycles. The summed E-state index contributed by atoms with van der Waals surface area (Å²) in [5.74, 6) is 0.878. The summed E-state index contributed by atoms with van der Waals surface area (Å²) in [4.78, 5) is 29.4. The second-order valence-corrected chi connectivity index (χ2v) is 5.46. The van der Waals surface area contributed by atoms with Gasteiger partial charge >= 0.3 is 5.69 Å². The number of aryl methyl sites for hydroxylation is 2. The van der Waals surface area contributed by atoms with Gasteiger partial charge in [0.1, 0.15) is 5.82 Å². The number of nitrogens with one attached hydrogen (secondary N) is 1. The van der Waals surface area contributed by atoms with Crippen LogP contribution in [0.1, 0.15) is 32.1 Å². The summed E-state index contributed by atoms with van der Waals surface area (Å²) in [6.07, 6.45) is 1.72. The Balaban J connectivity index is 2.44. The molecule has 21 heavy (non-hydrogen) atoms. The van der Waals surface area contributed by atoms with Crippen molar-refractivity contribution in [3.8, 4) is 0 Å². The molecule has 0 aromatic carbocycles. The summed E-state index contributed by atoms with van der Waals surface area (Å²) in [6.45, 7) is 6.21. The van der Waals surface area contributed by atoms with Crippen molar-refractivity contribution in [3.05, 3.63) is 26.7 Å². The average molecular weight is 291 g/mol. The maximum absolute atomic E-state index is 12.6. The van der Waals surface area contributed by atoms with E-state index in [0.29, 0.717) is 17.7 Å². The molecular formula is C14H21N5O2. The van der Waals surface area contributed by atoms with E-state index in [9.17, 15) is 9.59 Å². The number of hydrogen-bond acceptors (Lipinski definition) is 4. The summed E-state index contributed by atoms with van der Waals surface area (Å²) < 4.78 is 4.81.